The molecule has 0 aliphatic heterocycles. The van der Waals surface area contributed by atoms with Gasteiger partial charge in [0.15, 0.2) is 0 Å². The van der Waals surface area contributed by atoms with E-state index in [1.807, 2.05) is 28.9 Å². The van der Waals surface area contributed by atoms with Crippen molar-refractivity contribution in [1.82, 2.24) is 9.38 Å². The second-order valence-electron chi connectivity index (χ2n) is 6.69. The van der Waals surface area contributed by atoms with Crippen molar-refractivity contribution in [3.05, 3.63) is 65.6 Å². The molecule has 1 amide bonds. The van der Waals surface area contributed by atoms with Crippen LogP contribution in [-0.4, -0.2) is 15.3 Å². The first kappa shape index (κ1) is 16.2. The van der Waals surface area contributed by atoms with Gasteiger partial charge < -0.3 is 9.72 Å². The summed E-state index contributed by atoms with van der Waals surface area (Å²) in [7, 11) is 0. The molecular weight excluding hydrogens is 298 g/mol. The third-order valence-corrected chi connectivity index (χ3v) is 4.26. The second kappa shape index (κ2) is 6.48. The van der Waals surface area contributed by atoms with Crippen molar-refractivity contribution >= 4 is 17.2 Å². The molecule has 0 bridgehead atoms. The van der Waals surface area contributed by atoms with Crippen LogP contribution < -0.4 is 5.32 Å². The Morgan fingerprint density at radius 2 is 1.71 bits per heavy atom. The summed E-state index contributed by atoms with van der Waals surface area (Å²) in [6.07, 6.45) is 5.38. The number of imidazole rings is 1. The highest BCUT2D eigenvalue weighted by atomic mass is 16.1. The molecular formula is C20H23N3O. The Bertz CT molecular complexity index is 851. The predicted molar refractivity (Wildman–Crippen MR) is 97.8 cm³/mol. The first-order valence-electron chi connectivity index (χ1n) is 8.34. The zero-order chi connectivity index (χ0) is 17.3. The lowest BCUT2D eigenvalue weighted by molar-refractivity contribution is 0.102. The number of benzene rings is 1. The maximum atomic E-state index is 12.8. The van der Waals surface area contributed by atoms with Gasteiger partial charge in [-0.05, 0) is 35.1 Å². The molecule has 0 spiro atoms. The lowest BCUT2D eigenvalue weighted by atomic mass is 9.92. The molecule has 1 aromatic carbocycles. The summed E-state index contributed by atoms with van der Waals surface area (Å²) in [5, 5.41) is 3.14. The van der Waals surface area contributed by atoms with Crippen LogP contribution in [0.5, 0.6) is 0 Å². The molecule has 0 fully saturated rings. The first-order valence-corrected chi connectivity index (χ1v) is 8.34. The number of carbonyl (C=O) groups excluding carboxylic acids is 1. The molecule has 4 heteroatoms. The summed E-state index contributed by atoms with van der Waals surface area (Å²) in [6, 6.07) is 9.91. The molecule has 4 nitrogen and oxygen atoms in total. The maximum absolute atomic E-state index is 12.8. The number of hydrogen-bond donors (Lipinski definition) is 1. The summed E-state index contributed by atoms with van der Waals surface area (Å²) in [4.78, 5) is 17.0. The van der Waals surface area contributed by atoms with Crippen molar-refractivity contribution in [2.75, 3.05) is 5.32 Å². The minimum absolute atomic E-state index is 0.0967. The van der Waals surface area contributed by atoms with E-state index in [0.29, 0.717) is 17.4 Å². The van der Waals surface area contributed by atoms with Crippen molar-refractivity contribution in [2.45, 2.75) is 39.5 Å². The number of fused-ring (bicyclic) bond motifs is 1. The van der Waals surface area contributed by atoms with Gasteiger partial charge in [-0.3, -0.25) is 4.79 Å². The Hall–Kier alpha value is -2.62. The molecule has 0 radical (unpaired) electrons. The molecule has 2 aromatic heterocycles. The molecule has 24 heavy (non-hydrogen) atoms. The van der Waals surface area contributed by atoms with Crippen LogP contribution in [-0.2, 0) is 0 Å². The Morgan fingerprint density at radius 3 is 2.33 bits per heavy atom. The summed E-state index contributed by atoms with van der Waals surface area (Å²) in [6.45, 7) is 8.58. The highest BCUT2D eigenvalue weighted by Crippen LogP contribution is 2.32. The van der Waals surface area contributed by atoms with Crippen molar-refractivity contribution in [1.29, 1.82) is 0 Å². The zero-order valence-electron chi connectivity index (χ0n) is 14.6. The van der Waals surface area contributed by atoms with E-state index in [1.165, 1.54) is 11.1 Å². The summed E-state index contributed by atoms with van der Waals surface area (Å²) < 4.78 is 1.85. The Kier molecular flexibility index (Phi) is 4.38. The number of para-hydroxylation sites is 1. The molecule has 0 unspecified atom stereocenters. The molecule has 0 saturated heterocycles. The largest absolute Gasteiger partial charge is 0.321 e. The van der Waals surface area contributed by atoms with Gasteiger partial charge >= 0.3 is 0 Å². The van der Waals surface area contributed by atoms with E-state index in [0.717, 1.165) is 11.3 Å². The topological polar surface area (TPSA) is 46.4 Å². The fourth-order valence-electron chi connectivity index (χ4n) is 2.94. The summed E-state index contributed by atoms with van der Waals surface area (Å²) in [5.74, 6) is 0.589. The molecule has 0 atom stereocenters. The van der Waals surface area contributed by atoms with Crippen molar-refractivity contribution < 1.29 is 4.79 Å². The van der Waals surface area contributed by atoms with Crippen LogP contribution in [0.25, 0.3) is 5.65 Å². The standard InChI is InChI=1S/C20H23N3O/c1-13(2)16-6-5-7-17(14(3)4)19(16)22-20(24)15-8-9-18-21-10-11-23(18)12-15/h5-14H,1-4H3,(H,22,24). The van der Waals surface area contributed by atoms with Gasteiger partial charge in [0.25, 0.3) is 5.91 Å². The zero-order valence-corrected chi connectivity index (χ0v) is 14.6. The monoisotopic (exact) mass is 321 g/mol. The average Bonchev–Trinajstić information content (AvgIpc) is 3.02. The number of pyridine rings is 1. The minimum Gasteiger partial charge on any atom is -0.321 e. The van der Waals surface area contributed by atoms with Crippen molar-refractivity contribution in [3.8, 4) is 0 Å². The van der Waals surface area contributed by atoms with Gasteiger partial charge in [0.05, 0.1) is 5.56 Å². The number of carbonyl (C=O) groups is 1. The highest BCUT2D eigenvalue weighted by Gasteiger charge is 2.17. The lowest BCUT2D eigenvalue weighted by Crippen LogP contribution is -2.16. The summed E-state index contributed by atoms with van der Waals surface area (Å²) >= 11 is 0. The third kappa shape index (κ3) is 3.04. The molecule has 0 aliphatic rings. The fourth-order valence-corrected chi connectivity index (χ4v) is 2.94. The SMILES string of the molecule is CC(C)c1cccc(C(C)C)c1NC(=O)c1ccc2nccn2c1. The van der Waals surface area contributed by atoms with E-state index >= 15 is 0 Å². The predicted octanol–water partition coefficient (Wildman–Crippen LogP) is 4.83. The number of aromatic nitrogens is 2. The van der Waals surface area contributed by atoms with Gasteiger partial charge in [-0.15, -0.1) is 0 Å². The molecule has 1 N–H and O–H groups in total. The van der Waals surface area contributed by atoms with E-state index in [9.17, 15) is 4.79 Å². The maximum Gasteiger partial charge on any atom is 0.257 e. The van der Waals surface area contributed by atoms with Crippen LogP contribution in [0.1, 0.15) is 61.0 Å². The molecule has 2 heterocycles. The quantitative estimate of drug-likeness (QED) is 0.748. The van der Waals surface area contributed by atoms with Crippen molar-refractivity contribution in [2.24, 2.45) is 0 Å². The Balaban J connectivity index is 1.98. The van der Waals surface area contributed by atoms with E-state index in [2.05, 4.69) is 56.2 Å². The number of amides is 1. The molecule has 0 saturated carbocycles. The van der Waals surface area contributed by atoms with Crippen LogP contribution >= 0.6 is 0 Å². The molecule has 3 rings (SSSR count). The second-order valence-corrected chi connectivity index (χ2v) is 6.69. The number of hydrogen-bond acceptors (Lipinski definition) is 2. The lowest BCUT2D eigenvalue weighted by Gasteiger charge is -2.20. The van der Waals surface area contributed by atoms with E-state index < -0.39 is 0 Å². The van der Waals surface area contributed by atoms with Gasteiger partial charge in [-0.2, -0.15) is 0 Å². The van der Waals surface area contributed by atoms with Crippen LogP contribution in [0.4, 0.5) is 5.69 Å². The highest BCUT2D eigenvalue weighted by molar-refractivity contribution is 6.05. The van der Waals surface area contributed by atoms with E-state index in [1.54, 1.807) is 6.20 Å². The Labute approximate surface area is 142 Å². The van der Waals surface area contributed by atoms with Crippen LogP contribution in [0.15, 0.2) is 48.9 Å². The van der Waals surface area contributed by atoms with Gasteiger partial charge in [0.2, 0.25) is 0 Å². The van der Waals surface area contributed by atoms with Crippen LogP contribution in [0.2, 0.25) is 0 Å². The van der Waals surface area contributed by atoms with Gasteiger partial charge in [-0.1, -0.05) is 45.9 Å². The van der Waals surface area contributed by atoms with Gasteiger partial charge in [0.1, 0.15) is 5.65 Å². The average molecular weight is 321 g/mol. The van der Waals surface area contributed by atoms with E-state index in [4.69, 9.17) is 0 Å². The molecule has 0 aliphatic carbocycles. The molecule has 3 aromatic rings. The van der Waals surface area contributed by atoms with Gasteiger partial charge in [-0.25, -0.2) is 4.98 Å². The normalized spacial score (nSPS) is 11.4. The smallest absolute Gasteiger partial charge is 0.257 e. The van der Waals surface area contributed by atoms with E-state index in [-0.39, 0.29) is 5.91 Å². The van der Waals surface area contributed by atoms with Crippen LogP contribution in [0.3, 0.4) is 0 Å². The summed E-state index contributed by atoms with van der Waals surface area (Å²) in [5.41, 5.74) is 4.72. The van der Waals surface area contributed by atoms with Gasteiger partial charge in [0, 0.05) is 24.3 Å². The third-order valence-electron chi connectivity index (χ3n) is 4.26. The van der Waals surface area contributed by atoms with Crippen molar-refractivity contribution in [3.63, 3.8) is 0 Å². The number of nitrogens with one attached hydrogen (secondary N) is 1. The number of rotatable bonds is 4. The van der Waals surface area contributed by atoms with Crippen LogP contribution in [0, 0.1) is 0 Å². The number of anilines is 1. The fraction of sp³-hybridized carbons (Fsp3) is 0.300. The molecule has 124 valence electrons. The number of nitrogens with zero attached hydrogens (tertiary/aromatic N) is 2. The Morgan fingerprint density at radius 1 is 1.04 bits per heavy atom. The first-order chi connectivity index (χ1) is 11.5. The minimum atomic E-state index is -0.0967.